The molecule has 1 aromatic rings. The highest BCUT2D eigenvalue weighted by Gasteiger charge is 2.50. The topological polar surface area (TPSA) is 52.6 Å². The number of hydrogen-bond donors (Lipinski definition) is 0. The Balaban J connectivity index is 3.60. The quantitative estimate of drug-likeness (QED) is 0.460. The zero-order valence-electron chi connectivity index (χ0n) is 12.7. The number of ether oxygens (including phenoxy) is 2. The molecule has 0 radical (unpaired) electrons. The van der Waals surface area contributed by atoms with E-state index in [0.717, 1.165) is 12.1 Å². The molecule has 0 unspecified atom stereocenters. The smallest absolute Gasteiger partial charge is 0.332 e. The van der Waals surface area contributed by atoms with E-state index in [-0.39, 0.29) is 18.8 Å². The lowest BCUT2D eigenvalue weighted by Crippen LogP contribution is -2.45. The van der Waals surface area contributed by atoms with Gasteiger partial charge < -0.3 is 9.47 Å². The Morgan fingerprint density at radius 3 is 2.09 bits per heavy atom. The van der Waals surface area contributed by atoms with Crippen LogP contribution >= 0.6 is 0 Å². The molecule has 1 rings (SSSR count). The average Bonchev–Trinajstić information content (AvgIpc) is 2.45. The molecule has 0 heterocycles. The Bertz CT molecular complexity index is 564. The summed E-state index contributed by atoms with van der Waals surface area (Å²) in [5.41, 5.74) is -2.41. The van der Waals surface area contributed by atoms with Gasteiger partial charge >= 0.3 is 11.9 Å². The second-order valence-electron chi connectivity index (χ2n) is 4.37. The van der Waals surface area contributed by atoms with Crippen molar-refractivity contribution in [3.8, 4) is 0 Å². The fraction of sp³-hybridized carbons (Fsp3) is 0.375. The molecule has 0 saturated carbocycles. The summed E-state index contributed by atoms with van der Waals surface area (Å²) < 4.78 is 37.1. The molecular formula is C16H18F2O4. The number of benzene rings is 1. The molecular weight excluding hydrogens is 294 g/mol. The third-order valence-electron chi connectivity index (χ3n) is 2.97. The van der Waals surface area contributed by atoms with Gasteiger partial charge in [-0.05, 0) is 26.8 Å². The average molecular weight is 312 g/mol. The number of allylic oxidation sites excluding steroid dienone is 1. The van der Waals surface area contributed by atoms with Gasteiger partial charge in [0.1, 0.15) is 11.6 Å². The number of halogens is 2. The van der Waals surface area contributed by atoms with Gasteiger partial charge in [-0.1, -0.05) is 18.2 Å². The van der Waals surface area contributed by atoms with Crippen molar-refractivity contribution in [1.82, 2.24) is 0 Å². The number of carbonyl (C=O) groups is 2. The molecule has 0 aliphatic heterocycles. The van der Waals surface area contributed by atoms with Crippen LogP contribution < -0.4 is 0 Å². The van der Waals surface area contributed by atoms with Crippen LogP contribution in [0.5, 0.6) is 0 Å². The highest BCUT2D eigenvalue weighted by Crippen LogP contribution is 2.32. The minimum atomic E-state index is -2.10. The van der Waals surface area contributed by atoms with E-state index < -0.39 is 29.0 Å². The Morgan fingerprint density at radius 2 is 1.68 bits per heavy atom. The van der Waals surface area contributed by atoms with Crippen molar-refractivity contribution >= 4 is 11.9 Å². The first-order chi connectivity index (χ1) is 10.4. The number of rotatable bonds is 6. The molecule has 120 valence electrons. The van der Waals surface area contributed by atoms with Crippen molar-refractivity contribution in [3.05, 3.63) is 47.5 Å². The zero-order valence-corrected chi connectivity index (χ0v) is 12.7. The van der Waals surface area contributed by atoms with E-state index in [1.165, 1.54) is 12.2 Å². The van der Waals surface area contributed by atoms with Crippen LogP contribution in [0.25, 0.3) is 0 Å². The van der Waals surface area contributed by atoms with Gasteiger partial charge in [-0.25, -0.2) is 8.78 Å². The van der Waals surface area contributed by atoms with Crippen molar-refractivity contribution in [2.45, 2.75) is 26.2 Å². The summed E-state index contributed by atoms with van der Waals surface area (Å²) in [7, 11) is 0. The summed E-state index contributed by atoms with van der Waals surface area (Å²) in [4.78, 5) is 24.7. The predicted octanol–water partition coefficient (Wildman–Crippen LogP) is 2.90. The third kappa shape index (κ3) is 3.32. The van der Waals surface area contributed by atoms with E-state index >= 15 is 0 Å². The molecule has 0 atom stereocenters. The van der Waals surface area contributed by atoms with E-state index in [1.807, 2.05) is 0 Å². The van der Waals surface area contributed by atoms with Gasteiger partial charge in [-0.2, -0.15) is 0 Å². The van der Waals surface area contributed by atoms with Crippen LogP contribution in [0, 0.1) is 11.6 Å². The molecule has 4 nitrogen and oxygen atoms in total. The molecule has 1 aromatic carbocycles. The van der Waals surface area contributed by atoms with Crippen molar-refractivity contribution < 1.29 is 27.8 Å². The Hall–Kier alpha value is -2.24. The second kappa shape index (κ2) is 7.68. The van der Waals surface area contributed by atoms with E-state index in [2.05, 4.69) is 0 Å². The fourth-order valence-electron chi connectivity index (χ4n) is 2.08. The van der Waals surface area contributed by atoms with Gasteiger partial charge in [0.15, 0.2) is 0 Å². The van der Waals surface area contributed by atoms with Crippen LogP contribution in [0.2, 0.25) is 0 Å². The van der Waals surface area contributed by atoms with Crippen molar-refractivity contribution in [2.75, 3.05) is 13.2 Å². The maximum atomic E-state index is 14.2. The van der Waals surface area contributed by atoms with Crippen LogP contribution in [0.4, 0.5) is 8.78 Å². The van der Waals surface area contributed by atoms with Gasteiger partial charge in [0.25, 0.3) is 0 Å². The lowest BCUT2D eigenvalue weighted by Gasteiger charge is -2.27. The van der Waals surface area contributed by atoms with Crippen LogP contribution in [-0.2, 0) is 24.5 Å². The standard InChI is InChI=1S/C16H18F2O4/c1-4-9-16(14(19)21-5-2,15(20)22-6-3)12-8-7-11(17)10-13(12)18/h4,7-10H,5-6H2,1-3H3/b9-4+. The Labute approximate surface area is 127 Å². The molecule has 0 aromatic heterocycles. The fourth-order valence-corrected chi connectivity index (χ4v) is 2.08. The van der Waals surface area contributed by atoms with Crippen molar-refractivity contribution in [1.29, 1.82) is 0 Å². The number of carbonyl (C=O) groups excluding carboxylic acids is 2. The van der Waals surface area contributed by atoms with E-state index in [0.29, 0.717) is 6.07 Å². The maximum Gasteiger partial charge on any atom is 0.332 e. The summed E-state index contributed by atoms with van der Waals surface area (Å²) in [6, 6.07) is 2.61. The molecule has 0 bridgehead atoms. The Morgan fingerprint density at radius 1 is 1.14 bits per heavy atom. The normalized spacial score (nSPS) is 11.5. The first-order valence-electron chi connectivity index (χ1n) is 6.87. The molecule has 0 aliphatic rings. The first kappa shape index (κ1) is 17.8. The van der Waals surface area contributed by atoms with Crippen molar-refractivity contribution in [3.63, 3.8) is 0 Å². The third-order valence-corrected chi connectivity index (χ3v) is 2.97. The second-order valence-corrected chi connectivity index (χ2v) is 4.37. The van der Waals surface area contributed by atoms with Gasteiger partial charge in [0.05, 0.1) is 13.2 Å². The van der Waals surface area contributed by atoms with Gasteiger partial charge in [-0.15, -0.1) is 0 Å². The van der Waals surface area contributed by atoms with E-state index in [1.54, 1.807) is 20.8 Å². The summed E-state index contributed by atoms with van der Waals surface area (Å²) in [6.07, 6.45) is 2.61. The maximum absolute atomic E-state index is 14.2. The molecule has 0 aliphatic carbocycles. The lowest BCUT2D eigenvalue weighted by atomic mass is 9.79. The van der Waals surface area contributed by atoms with Gasteiger partial charge in [0.2, 0.25) is 5.41 Å². The highest BCUT2D eigenvalue weighted by molar-refractivity contribution is 6.08. The Kier molecular flexibility index (Phi) is 6.22. The van der Waals surface area contributed by atoms with Crippen LogP contribution in [0.15, 0.2) is 30.4 Å². The summed E-state index contributed by atoms with van der Waals surface area (Å²) >= 11 is 0. The molecule has 0 fully saturated rings. The monoisotopic (exact) mass is 312 g/mol. The molecule has 0 N–H and O–H groups in total. The number of hydrogen-bond acceptors (Lipinski definition) is 4. The predicted molar refractivity (Wildman–Crippen MR) is 76.1 cm³/mol. The van der Waals surface area contributed by atoms with E-state index in [9.17, 15) is 18.4 Å². The van der Waals surface area contributed by atoms with E-state index in [4.69, 9.17) is 9.47 Å². The SMILES string of the molecule is C/C=C/C(C(=O)OCC)(C(=O)OCC)c1ccc(F)cc1F. The summed E-state index contributed by atoms with van der Waals surface area (Å²) in [5, 5.41) is 0. The zero-order chi connectivity index (χ0) is 16.8. The van der Waals surface area contributed by atoms with Crippen LogP contribution in [0.3, 0.4) is 0 Å². The summed E-state index contributed by atoms with van der Waals surface area (Å²) in [6.45, 7) is 4.68. The highest BCUT2D eigenvalue weighted by atomic mass is 19.1. The minimum Gasteiger partial charge on any atom is -0.465 e. The first-order valence-corrected chi connectivity index (χ1v) is 6.87. The lowest BCUT2D eigenvalue weighted by molar-refractivity contribution is -0.162. The molecule has 0 spiro atoms. The summed E-state index contributed by atoms with van der Waals surface area (Å²) in [5.74, 6) is -3.79. The van der Waals surface area contributed by atoms with Crippen molar-refractivity contribution in [2.24, 2.45) is 0 Å². The van der Waals surface area contributed by atoms with Crippen LogP contribution in [0.1, 0.15) is 26.3 Å². The molecule has 6 heteroatoms. The minimum absolute atomic E-state index is 0.000354. The van der Waals surface area contributed by atoms with Gasteiger partial charge in [0, 0.05) is 11.6 Å². The molecule has 0 saturated heterocycles. The van der Waals surface area contributed by atoms with Crippen LogP contribution in [-0.4, -0.2) is 25.2 Å². The number of esters is 2. The largest absolute Gasteiger partial charge is 0.465 e. The molecule has 22 heavy (non-hydrogen) atoms. The molecule has 0 amide bonds. The van der Waals surface area contributed by atoms with Gasteiger partial charge in [-0.3, -0.25) is 9.59 Å².